The normalized spacial score (nSPS) is 10.9. The number of benzene rings is 2. The Morgan fingerprint density at radius 1 is 1.15 bits per heavy atom. The largest absolute Gasteiger partial charge is 0.497 e. The summed E-state index contributed by atoms with van der Waals surface area (Å²) < 4.78 is 6.86. The highest BCUT2D eigenvalue weighted by Gasteiger charge is 2.18. The third kappa shape index (κ3) is 3.15. The number of carbonyl (C=O) groups is 1. The van der Waals surface area contributed by atoms with Gasteiger partial charge in [0.05, 0.1) is 18.5 Å². The van der Waals surface area contributed by atoms with Gasteiger partial charge in [-0.3, -0.25) is 4.79 Å². The quantitative estimate of drug-likeness (QED) is 0.581. The zero-order valence-corrected chi connectivity index (χ0v) is 15.3. The second-order valence-corrected chi connectivity index (χ2v) is 6.35. The molecule has 0 saturated heterocycles. The maximum absolute atomic E-state index is 12.7. The second-order valence-electron chi connectivity index (χ2n) is 6.35. The number of nitrogens with one attached hydrogen (secondary N) is 2. The number of hydrogen-bond donors (Lipinski definition) is 2. The van der Waals surface area contributed by atoms with E-state index in [1.54, 1.807) is 11.8 Å². The fourth-order valence-electron chi connectivity index (χ4n) is 3.07. The molecule has 0 aliphatic carbocycles. The van der Waals surface area contributed by atoms with Crippen LogP contribution in [0, 0.1) is 13.8 Å². The first-order chi connectivity index (χ1) is 13.0. The Kier molecular flexibility index (Phi) is 4.12. The second kappa shape index (κ2) is 6.60. The van der Waals surface area contributed by atoms with Gasteiger partial charge in [0.2, 0.25) is 0 Å². The molecule has 7 heteroatoms. The van der Waals surface area contributed by atoms with Gasteiger partial charge in [0.25, 0.3) is 5.91 Å². The van der Waals surface area contributed by atoms with Crippen LogP contribution < -0.4 is 10.1 Å². The van der Waals surface area contributed by atoms with E-state index >= 15 is 0 Å². The van der Waals surface area contributed by atoms with Gasteiger partial charge in [-0.2, -0.15) is 0 Å². The summed E-state index contributed by atoms with van der Waals surface area (Å²) in [6.07, 6.45) is 0. The van der Waals surface area contributed by atoms with Crippen LogP contribution >= 0.6 is 0 Å². The lowest BCUT2D eigenvalue weighted by Crippen LogP contribution is -2.14. The monoisotopic (exact) mass is 361 g/mol. The molecule has 0 aliphatic heterocycles. The van der Waals surface area contributed by atoms with E-state index in [1.807, 2.05) is 62.4 Å². The molecule has 0 fully saturated rings. The first-order valence-corrected chi connectivity index (χ1v) is 8.52. The first-order valence-electron chi connectivity index (χ1n) is 8.52. The fourth-order valence-corrected chi connectivity index (χ4v) is 3.07. The predicted molar refractivity (Wildman–Crippen MR) is 104 cm³/mol. The average molecular weight is 361 g/mol. The number of H-pyrrole nitrogens is 1. The Morgan fingerprint density at radius 3 is 2.81 bits per heavy atom. The first kappa shape index (κ1) is 16.8. The molecule has 0 radical (unpaired) electrons. The highest BCUT2D eigenvalue weighted by atomic mass is 16.5. The van der Waals surface area contributed by atoms with Crippen LogP contribution in [0.15, 0.2) is 48.5 Å². The van der Waals surface area contributed by atoms with Crippen molar-refractivity contribution in [1.29, 1.82) is 0 Å². The zero-order chi connectivity index (χ0) is 19.0. The van der Waals surface area contributed by atoms with Crippen LogP contribution in [0.5, 0.6) is 5.75 Å². The van der Waals surface area contributed by atoms with Crippen molar-refractivity contribution in [3.63, 3.8) is 0 Å². The smallest absolute Gasteiger partial charge is 0.278 e. The van der Waals surface area contributed by atoms with Crippen LogP contribution in [-0.4, -0.2) is 33.0 Å². The van der Waals surface area contributed by atoms with Crippen LogP contribution in [0.4, 0.5) is 5.69 Å². The van der Waals surface area contributed by atoms with Gasteiger partial charge in [0, 0.05) is 28.4 Å². The van der Waals surface area contributed by atoms with Gasteiger partial charge in [-0.1, -0.05) is 11.3 Å². The lowest BCUT2D eigenvalue weighted by molar-refractivity contribution is 0.102. The molecule has 0 saturated carbocycles. The number of anilines is 1. The molecule has 136 valence electrons. The van der Waals surface area contributed by atoms with Gasteiger partial charge in [0.15, 0.2) is 5.69 Å². The van der Waals surface area contributed by atoms with E-state index in [9.17, 15) is 4.79 Å². The molecule has 4 rings (SSSR count). The maximum atomic E-state index is 12.7. The highest BCUT2D eigenvalue weighted by molar-refractivity contribution is 6.04. The van der Waals surface area contributed by atoms with Crippen LogP contribution in [0.2, 0.25) is 0 Å². The minimum Gasteiger partial charge on any atom is -0.497 e. The van der Waals surface area contributed by atoms with Gasteiger partial charge in [-0.25, -0.2) is 4.68 Å². The summed E-state index contributed by atoms with van der Waals surface area (Å²) in [7, 11) is 1.61. The fraction of sp³-hybridized carbons (Fsp3) is 0.150. The molecule has 0 spiro atoms. The molecule has 2 heterocycles. The highest BCUT2D eigenvalue weighted by Crippen LogP contribution is 2.21. The molecule has 0 bridgehead atoms. The van der Waals surface area contributed by atoms with Crippen LogP contribution in [0.1, 0.15) is 21.9 Å². The number of methoxy groups -OCH3 is 1. The molecule has 2 N–H and O–H groups in total. The van der Waals surface area contributed by atoms with Gasteiger partial charge >= 0.3 is 0 Å². The van der Waals surface area contributed by atoms with E-state index < -0.39 is 0 Å². The van der Waals surface area contributed by atoms with Gasteiger partial charge in [0.1, 0.15) is 5.75 Å². The number of aromatic amines is 1. The third-order valence-corrected chi connectivity index (χ3v) is 4.42. The molecule has 0 aliphatic rings. The average Bonchev–Trinajstić information content (AvgIpc) is 3.23. The van der Waals surface area contributed by atoms with Crippen molar-refractivity contribution in [2.45, 2.75) is 13.8 Å². The van der Waals surface area contributed by atoms with E-state index in [4.69, 9.17) is 4.74 Å². The van der Waals surface area contributed by atoms with Crippen LogP contribution in [-0.2, 0) is 0 Å². The lowest BCUT2D eigenvalue weighted by atomic mass is 10.2. The predicted octanol–water partition coefficient (Wildman–Crippen LogP) is 3.63. The Bertz CT molecular complexity index is 1140. The minimum absolute atomic E-state index is 0.281. The van der Waals surface area contributed by atoms with Crippen LogP contribution in [0.3, 0.4) is 0 Å². The van der Waals surface area contributed by atoms with Gasteiger partial charge in [-0.05, 0) is 50.2 Å². The van der Waals surface area contributed by atoms with Crippen molar-refractivity contribution in [3.05, 3.63) is 65.6 Å². The van der Waals surface area contributed by atoms with Gasteiger partial charge < -0.3 is 15.0 Å². The summed E-state index contributed by atoms with van der Waals surface area (Å²) in [6, 6.07) is 15.2. The number of nitrogens with zero attached hydrogens (tertiary/aromatic N) is 3. The molecule has 0 atom stereocenters. The number of fused-ring (bicyclic) bond motifs is 1. The summed E-state index contributed by atoms with van der Waals surface area (Å²) >= 11 is 0. The SMILES string of the molecule is COc1cccc(-n2nnc(C(=O)Nc3ccc4[nH]c(C)cc4c3)c2C)c1. The van der Waals surface area contributed by atoms with Crippen molar-refractivity contribution in [2.24, 2.45) is 0 Å². The van der Waals surface area contributed by atoms with E-state index in [1.165, 1.54) is 0 Å². The Balaban J connectivity index is 1.61. The number of rotatable bonds is 4. The summed E-state index contributed by atoms with van der Waals surface area (Å²) in [4.78, 5) is 15.9. The summed E-state index contributed by atoms with van der Waals surface area (Å²) in [5.41, 5.74) is 4.53. The van der Waals surface area contributed by atoms with E-state index in [2.05, 4.69) is 20.6 Å². The van der Waals surface area contributed by atoms with Crippen molar-refractivity contribution < 1.29 is 9.53 Å². The molecule has 1 amide bonds. The number of amides is 1. The number of hydrogen-bond acceptors (Lipinski definition) is 4. The van der Waals surface area contributed by atoms with Crippen molar-refractivity contribution in [1.82, 2.24) is 20.0 Å². The third-order valence-electron chi connectivity index (χ3n) is 4.42. The molecule has 27 heavy (non-hydrogen) atoms. The lowest BCUT2D eigenvalue weighted by Gasteiger charge is -2.07. The Morgan fingerprint density at radius 2 is 2.00 bits per heavy atom. The van der Waals surface area contributed by atoms with E-state index in [-0.39, 0.29) is 11.6 Å². The molecule has 2 aromatic carbocycles. The summed E-state index contributed by atoms with van der Waals surface area (Å²) in [6.45, 7) is 3.81. The Hall–Kier alpha value is -3.61. The zero-order valence-electron chi connectivity index (χ0n) is 15.3. The molecular weight excluding hydrogens is 342 g/mol. The van der Waals surface area contributed by atoms with Crippen molar-refractivity contribution in [3.8, 4) is 11.4 Å². The Labute approximate surface area is 156 Å². The molecule has 2 aromatic heterocycles. The molecule has 0 unspecified atom stereocenters. The van der Waals surface area contributed by atoms with Gasteiger partial charge in [-0.15, -0.1) is 5.10 Å². The van der Waals surface area contributed by atoms with Crippen LogP contribution in [0.25, 0.3) is 16.6 Å². The summed E-state index contributed by atoms with van der Waals surface area (Å²) in [5.74, 6) is 0.414. The number of aryl methyl sites for hydroxylation is 1. The molecule has 4 aromatic rings. The molecular formula is C20H19N5O2. The standard InChI is InChI=1S/C20H19N5O2/c1-12-9-14-10-15(7-8-18(14)21-12)22-20(26)19-13(2)25(24-23-19)16-5-4-6-17(11-16)27-3/h4-11,21H,1-3H3,(H,22,26). The van der Waals surface area contributed by atoms with E-state index in [0.717, 1.165) is 22.3 Å². The van der Waals surface area contributed by atoms with Crippen molar-refractivity contribution >= 4 is 22.5 Å². The molecule has 7 nitrogen and oxygen atoms in total. The number of carbonyl (C=O) groups excluding carboxylic acids is 1. The number of ether oxygens (including phenoxy) is 1. The topological polar surface area (TPSA) is 84.8 Å². The maximum Gasteiger partial charge on any atom is 0.278 e. The minimum atomic E-state index is -0.298. The summed E-state index contributed by atoms with van der Waals surface area (Å²) in [5, 5.41) is 12.1. The van der Waals surface area contributed by atoms with E-state index in [0.29, 0.717) is 17.1 Å². The number of aromatic nitrogens is 4. The van der Waals surface area contributed by atoms with Crippen molar-refractivity contribution in [2.75, 3.05) is 12.4 Å².